The van der Waals surface area contributed by atoms with Crippen molar-refractivity contribution in [2.75, 3.05) is 32.9 Å². The molecule has 0 saturated carbocycles. The van der Waals surface area contributed by atoms with Crippen molar-refractivity contribution in [3.05, 3.63) is 52.7 Å². The van der Waals surface area contributed by atoms with Gasteiger partial charge in [0.1, 0.15) is 6.61 Å². The van der Waals surface area contributed by atoms with Crippen LogP contribution in [0.1, 0.15) is 17.0 Å². The first-order chi connectivity index (χ1) is 13.2. The molecule has 0 amide bonds. The normalized spacial score (nSPS) is 19.2. The van der Waals surface area contributed by atoms with E-state index in [9.17, 15) is 4.79 Å². The number of methoxy groups -OCH3 is 2. The molecule has 7 heteroatoms. The van der Waals surface area contributed by atoms with E-state index in [-0.39, 0.29) is 25.3 Å². The van der Waals surface area contributed by atoms with Crippen LogP contribution in [0.3, 0.4) is 0 Å². The standard InChI is InChI=1S/C20H17NO6/c1-23-14-4-3-10(5-15(14)24-2)18-11-6-16-17(27-9-26-16)7-12(11)21-13-8-25-20(22)19(13)18/h3-7,18,21H,8-9H2,1-2H3/t18-/m0/s1. The zero-order valence-corrected chi connectivity index (χ0v) is 14.8. The molecule has 0 bridgehead atoms. The number of fused-ring (bicyclic) bond motifs is 2. The summed E-state index contributed by atoms with van der Waals surface area (Å²) in [6, 6.07) is 9.48. The average molecular weight is 367 g/mol. The summed E-state index contributed by atoms with van der Waals surface area (Å²) in [5.41, 5.74) is 4.07. The van der Waals surface area contributed by atoms with Crippen LogP contribution in [0.2, 0.25) is 0 Å². The molecular formula is C20H17NO6. The lowest BCUT2D eigenvalue weighted by molar-refractivity contribution is -0.136. The lowest BCUT2D eigenvalue weighted by Gasteiger charge is -2.27. The number of ether oxygens (including phenoxy) is 5. The summed E-state index contributed by atoms with van der Waals surface area (Å²) in [6.07, 6.45) is 0. The molecule has 2 aromatic rings. The van der Waals surface area contributed by atoms with Crippen LogP contribution in [0.25, 0.3) is 0 Å². The number of hydrogen-bond donors (Lipinski definition) is 1. The van der Waals surface area contributed by atoms with Gasteiger partial charge in [0.25, 0.3) is 0 Å². The van der Waals surface area contributed by atoms with Crippen LogP contribution >= 0.6 is 0 Å². The van der Waals surface area contributed by atoms with Gasteiger partial charge in [0.2, 0.25) is 6.79 Å². The lowest BCUT2D eigenvalue weighted by atomic mass is 9.81. The summed E-state index contributed by atoms with van der Waals surface area (Å²) in [7, 11) is 3.18. The third kappa shape index (κ3) is 2.31. The van der Waals surface area contributed by atoms with Gasteiger partial charge in [0.05, 0.1) is 25.5 Å². The number of anilines is 1. The van der Waals surface area contributed by atoms with Crippen LogP contribution < -0.4 is 24.3 Å². The van der Waals surface area contributed by atoms with Crippen LogP contribution in [0.4, 0.5) is 5.69 Å². The second-order valence-corrected chi connectivity index (χ2v) is 6.43. The van der Waals surface area contributed by atoms with Gasteiger partial charge in [0.15, 0.2) is 23.0 Å². The van der Waals surface area contributed by atoms with Gasteiger partial charge in [-0.3, -0.25) is 0 Å². The maximum absolute atomic E-state index is 12.5. The minimum atomic E-state index is -0.319. The second-order valence-electron chi connectivity index (χ2n) is 6.43. The molecule has 0 saturated heterocycles. The molecule has 7 nitrogen and oxygen atoms in total. The molecule has 0 aromatic heterocycles. The molecule has 0 aliphatic carbocycles. The minimum Gasteiger partial charge on any atom is -0.493 e. The molecule has 1 atom stereocenters. The number of esters is 1. The Morgan fingerprint density at radius 2 is 1.78 bits per heavy atom. The largest absolute Gasteiger partial charge is 0.493 e. The highest BCUT2D eigenvalue weighted by molar-refractivity contribution is 5.97. The number of carbonyl (C=O) groups excluding carboxylic acids is 1. The van der Waals surface area contributed by atoms with E-state index in [1.54, 1.807) is 14.2 Å². The van der Waals surface area contributed by atoms with Crippen molar-refractivity contribution in [1.29, 1.82) is 0 Å². The molecule has 27 heavy (non-hydrogen) atoms. The van der Waals surface area contributed by atoms with Crippen LogP contribution in [-0.4, -0.2) is 33.6 Å². The Balaban J connectivity index is 1.71. The fourth-order valence-electron chi connectivity index (χ4n) is 3.81. The maximum Gasteiger partial charge on any atom is 0.337 e. The van der Waals surface area contributed by atoms with E-state index in [4.69, 9.17) is 23.7 Å². The van der Waals surface area contributed by atoms with Gasteiger partial charge < -0.3 is 29.0 Å². The average Bonchev–Trinajstić information content (AvgIpc) is 3.30. The van der Waals surface area contributed by atoms with Crippen LogP contribution in [0.15, 0.2) is 41.6 Å². The number of benzene rings is 2. The zero-order valence-electron chi connectivity index (χ0n) is 14.8. The van der Waals surface area contributed by atoms with Gasteiger partial charge in [-0.1, -0.05) is 6.07 Å². The number of hydrogen-bond acceptors (Lipinski definition) is 7. The Morgan fingerprint density at radius 3 is 2.56 bits per heavy atom. The predicted octanol–water partition coefficient (Wildman–Crippen LogP) is 2.80. The molecule has 0 fully saturated rings. The molecule has 138 valence electrons. The van der Waals surface area contributed by atoms with Crippen molar-refractivity contribution in [1.82, 2.24) is 0 Å². The smallest absolute Gasteiger partial charge is 0.337 e. The van der Waals surface area contributed by atoms with Gasteiger partial charge in [0, 0.05) is 17.7 Å². The van der Waals surface area contributed by atoms with Gasteiger partial charge in [-0.25, -0.2) is 4.79 Å². The number of nitrogens with one attached hydrogen (secondary N) is 1. The summed E-state index contributed by atoms with van der Waals surface area (Å²) in [6.45, 7) is 0.417. The van der Waals surface area contributed by atoms with E-state index in [0.29, 0.717) is 28.6 Å². The summed E-state index contributed by atoms with van der Waals surface area (Å²) in [4.78, 5) is 12.5. The van der Waals surface area contributed by atoms with Crippen molar-refractivity contribution in [3.8, 4) is 23.0 Å². The third-order valence-electron chi connectivity index (χ3n) is 5.06. The van der Waals surface area contributed by atoms with Gasteiger partial charge in [-0.05, 0) is 29.3 Å². The van der Waals surface area contributed by atoms with Gasteiger partial charge in [-0.15, -0.1) is 0 Å². The molecule has 3 aliphatic rings. The van der Waals surface area contributed by atoms with Crippen molar-refractivity contribution < 1.29 is 28.5 Å². The number of cyclic esters (lactones) is 1. The highest BCUT2D eigenvalue weighted by Crippen LogP contribution is 2.49. The summed E-state index contributed by atoms with van der Waals surface area (Å²) in [5, 5.41) is 3.31. The summed E-state index contributed by atoms with van der Waals surface area (Å²) < 4.78 is 27.1. The van der Waals surface area contributed by atoms with Crippen molar-refractivity contribution in [2.45, 2.75) is 5.92 Å². The SMILES string of the molecule is COc1ccc([C@@H]2C3=C(COC3=O)Nc3cc4c(cc32)OCO4)cc1OC. The number of rotatable bonds is 3. The number of carbonyl (C=O) groups is 1. The van der Waals surface area contributed by atoms with Crippen molar-refractivity contribution in [2.24, 2.45) is 0 Å². The van der Waals surface area contributed by atoms with E-state index in [0.717, 1.165) is 22.5 Å². The summed E-state index contributed by atoms with van der Waals surface area (Å²) >= 11 is 0. The van der Waals surface area contributed by atoms with Gasteiger partial charge in [-0.2, -0.15) is 0 Å². The molecule has 0 unspecified atom stereocenters. The molecule has 3 heterocycles. The van der Waals surface area contributed by atoms with E-state index < -0.39 is 0 Å². The first-order valence-electron chi connectivity index (χ1n) is 8.52. The van der Waals surface area contributed by atoms with Crippen LogP contribution in [-0.2, 0) is 9.53 Å². The monoisotopic (exact) mass is 367 g/mol. The zero-order chi connectivity index (χ0) is 18.5. The second kappa shape index (κ2) is 5.84. The Kier molecular flexibility index (Phi) is 3.43. The molecule has 2 aromatic carbocycles. The lowest BCUT2D eigenvalue weighted by Crippen LogP contribution is -2.20. The third-order valence-corrected chi connectivity index (χ3v) is 5.06. The molecule has 0 spiro atoms. The Hall–Kier alpha value is -3.35. The van der Waals surface area contributed by atoms with E-state index in [1.165, 1.54) is 0 Å². The maximum atomic E-state index is 12.5. The van der Waals surface area contributed by atoms with E-state index in [2.05, 4.69) is 5.32 Å². The van der Waals surface area contributed by atoms with Crippen LogP contribution in [0, 0.1) is 0 Å². The van der Waals surface area contributed by atoms with Gasteiger partial charge >= 0.3 is 5.97 Å². The highest BCUT2D eigenvalue weighted by Gasteiger charge is 2.39. The summed E-state index contributed by atoms with van der Waals surface area (Å²) in [5.74, 6) is 1.95. The van der Waals surface area contributed by atoms with Crippen molar-refractivity contribution in [3.63, 3.8) is 0 Å². The van der Waals surface area contributed by atoms with E-state index in [1.807, 2.05) is 30.3 Å². The molecule has 3 aliphatic heterocycles. The Labute approximate surface area is 155 Å². The first-order valence-corrected chi connectivity index (χ1v) is 8.52. The first kappa shape index (κ1) is 15.9. The Morgan fingerprint density at radius 1 is 1.00 bits per heavy atom. The topological polar surface area (TPSA) is 75.3 Å². The molecule has 0 radical (unpaired) electrons. The molecular weight excluding hydrogens is 350 g/mol. The Bertz CT molecular complexity index is 996. The van der Waals surface area contributed by atoms with Crippen LogP contribution in [0.5, 0.6) is 23.0 Å². The van der Waals surface area contributed by atoms with Crippen molar-refractivity contribution >= 4 is 11.7 Å². The van der Waals surface area contributed by atoms with E-state index >= 15 is 0 Å². The highest BCUT2D eigenvalue weighted by atomic mass is 16.7. The fraction of sp³-hybridized carbons (Fsp3) is 0.250. The quantitative estimate of drug-likeness (QED) is 0.836. The minimum absolute atomic E-state index is 0.189. The molecule has 1 N–H and O–H groups in total. The molecule has 5 rings (SSSR count). The predicted molar refractivity (Wildman–Crippen MR) is 95.6 cm³/mol. The fourth-order valence-corrected chi connectivity index (χ4v) is 3.81.